The molecule has 1 fully saturated rings. The monoisotopic (exact) mass is 247 g/mol. The first kappa shape index (κ1) is 11.0. The molecule has 0 radical (unpaired) electrons. The van der Waals surface area contributed by atoms with Gasteiger partial charge in [0.25, 0.3) is 0 Å². The molecular weight excluding hydrogens is 230 g/mol. The minimum absolute atomic E-state index is 0.302. The van der Waals surface area contributed by atoms with Crippen LogP contribution in [0.25, 0.3) is 0 Å². The maximum absolute atomic E-state index is 11.7. The Labute approximate surface area is 88.8 Å². The normalized spacial score (nSPS) is 19.3. The van der Waals surface area contributed by atoms with Gasteiger partial charge >= 0.3 is 0 Å². The summed E-state index contributed by atoms with van der Waals surface area (Å²) in [6.07, 6.45) is 4.58. The van der Waals surface area contributed by atoms with E-state index in [-0.39, 0.29) is 0 Å². The van der Waals surface area contributed by atoms with Crippen molar-refractivity contribution in [2.45, 2.75) is 38.6 Å². The number of alkyl halides is 1. The van der Waals surface area contributed by atoms with Gasteiger partial charge < -0.3 is 4.90 Å². The van der Waals surface area contributed by atoms with Gasteiger partial charge in [0.1, 0.15) is 0 Å². The molecule has 13 heavy (non-hydrogen) atoms. The van der Waals surface area contributed by atoms with Gasteiger partial charge in [0.2, 0.25) is 5.91 Å². The lowest BCUT2D eigenvalue weighted by atomic mass is 9.82. The van der Waals surface area contributed by atoms with Crippen LogP contribution in [0.3, 0.4) is 0 Å². The van der Waals surface area contributed by atoms with Gasteiger partial charge in [-0.15, -0.1) is 0 Å². The number of rotatable bonds is 4. The minimum atomic E-state index is 0.302. The molecule has 0 saturated heterocycles. The summed E-state index contributed by atoms with van der Waals surface area (Å²) in [4.78, 5) is 13.5. The summed E-state index contributed by atoms with van der Waals surface area (Å²) in [5.41, 5.74) is 0. The third kappa shape index (κ3) is 2.97. The molecule has 1 unspecified atom stereocenters. The highest BCUT2D eigenvalue weighted by Gasteiger charge is 2.23. The smallest absolute Gasteiger partial charge is 0.222 e. The van der Waals surface area contributed by atoms with Gasteiger partial charge in [0, 0.05) is 24.8 Å². The number of hydrogen-bond acceptors (Lipinski definition) is 1. The second-order valence-electron chi connectivity index (χ2n) is 4.01. The number of hydrogen-bond donors (Lipinski definition) is 0. The van der Waals surface area contributed by atoms with Gasteiger partial charge in [0.15, 0.2) is 0 Å². The molecule has 0 aromatic carbocycles. The largest absolute Gasteiger partial charge is 0.342 e. The van der Waals surface area contributed by atoms with Gasteiger partial charge in [-0.3, -0.25) is 4.79 Å². The molecule has 0 aromatic heterocycles. The molecule has 0 aromatic rings. The Bertz CT molecular complexity index is 180. The zero-order valence-electron chi connectivity index (χ0n) is 8.42. The van der Waals surface area contributed by atoms with Crippen LogP contribution in [-0.2, 0) is 4.79 Å². The second kappa shape index (κ2) is 4.99. The number of halogens is 1. The molecule has 1 rings (SSSR count). The predicted molar refractivity (Wildman–Crippen MR) is 58.0 cm³/mol. The van der Waals surface area contributed by atoms with Crippen LogP contribution >= 0.6 is 15.9 Å². The summed E-state index contributed by atoms with van der Waals surface area (Å²) in [6, 6.07) is 0.313. The second-order valence-corrected chi connectivity index (χ2v) is 4.66. The summed E-state index contributed by atoms with van der Waals surface area (Å²) in [5, 5.41) is 0.861. The lowest BCUT2D eigenvalue weighted by molar-refractivity contribution is -0.132. The van der Waals surface area contributed by atoms with Crippen molar-refractivity contribution in [2.75, 3.05) is 12.4 Å². The van der Waals surface area contributed by atoms with Gasteiger partial charge in [-0.25, -0.2) is 0 Å². The van der Waals surface area contributed by atoms with Crippen LogP contribution < -0.4 is 0 Å². The third-order valence-electron chi connectivity index (χ3n) is 2.97. The van der Waals surface area contributed by atoms with E-state index in [0.29, 0.717) is 17.9 Å². The SMILES string of the molecule is CC(CBr)N(C)C(=O)CC1CCC1. The van der Waals surface area contributed by atoms with Crippen LogP contribution in [-0.4, -0.2) is 29.2 Å². The van der Waals surface area contributed by atoms with E-state index in [4.69, 9.17) is 0 Å². The van der Waals surface area contributed by atoms with Crippen molar-refractivity contribution in [3.8, 4) is 0 Å². The maximum Gasteiger partial charge on any atom is 0.222 e. The highest BCUT2D eigenvalue weighted by atomic mass is 79.9. The first-order chi connectivity index (χ1) is 6.15. The predicted octanol–water partition coefficient (Wildman–Crippen LogP) is 2.42. The fourth-order valence-corrected chi connectivity index (χ4v) is 1.87. The molecule has 76 valence electrons. The molecule has 1 aliphatic carbocycles. The molecule has 0 aliphatic heterocycles. The average molecular weight is 248 g/mol. The molecular formula is C10H18BrNO. The lowest BCUT2D eigenvalue weighted by Gasteiger charge is -2.29. The molecule has 1 aliphatic rings. The van der Waals surface area contributed by atoms with Crippen LogP contribution in [0.15, 0.2) is 0 Å². The maximum atomic E-state index is 11.7. The van der Waals surface area contributed by atoms with Crippen LogP contribution in [0.1, 0.15) is 32.6 Å². The standard InChI is InChI=1S/C10H18BrNO/c1-8(7-11)12(2)10(13)6-9-4-3-5-9/h8-9H,3-7H2,1-2H3. The zero-order chi connectivity index (χ0) is 9.84. The lowest BCUT2D eigenvalue weighted by Crippen LogP contribution is -2.37. The van der Waals surface area contributed by atoms with Crippen LogP contribution in [0.5, 0.6) is 0 Å². The molecule has 3 heteroatoms. The summed E-state index contributed by atoms with van der Waals surface area (Å²) in [5.74, 6) is 0.981. The van der Waals surface area contributed by atoms with Crippen molar-refractivity contribution >= 4 is 21.8 Å². The number of amides is 1. The molecule has 1 saturated carbocycles. The fraction of sp³-hybridized carbons (Fsp3) is 0.900. The fourth-order valence-electron chi connectivity index (χ4n) is 1.44. The third-order valence-corrected chi connectivity index (χ3v) is 3.90. The van der Waals surface area contributed by atoms with E-state index in [1.165, 1.54) is 19.3 Å². The molecule has 0 heterocycles. The van der Waals surface area contributed by atoms with Crippen LogP contribution in [0, 0.1) is 5.92 Å². The Hall–Kier alpha value is -0.0500. The van der Waals surface area contributed by atoms with E-state index in [0.717, 1.165) is 11.8 Å². The Morgan fingerprint density at radius 2 is 2.23 bits per heavy atom. The minimum Gasteiger partial charge on any atom is -0.342 e. The van der Waals surface area contributed by atoms with Crippen molar-refractivity contribution in [2.24, 2.45) is 5.92 Å². The first-order valence-electron chi connectivity index (χ1n) is 4.96. The van der Waals surface area contributed by atoms with E-state index in [1.54, 1.807) is 0 Å². The van der Waals surface area contributed by atoms with Crippen molar-refractivity contribution in [1.29, 1.82) is 0 Å². The summed E-state index contributed by atoms with van der Waals surface area (Å²) < 4.78 is 0. The number of nitrogens with zero attached hydrogens (tertiary/aromatic N) is 1. The van der Waals surface area contributed by atoms with Gasteiger partial charge in [-0.05, 0) is 25.7 Å². The molecule has 0 spiro atoms. The average Bonchev–Trinajstić information content (AvgIpc) is 2.08. The van der Waals surface area contributed by atoms with Crippen molar-refractivity contribution in [3.05, 3.63) is 0 Å². The molecule has 1 amide bonds. The highest BCUT2D eigenvalue weighted by Crippen LogP contribution is 2.29. The van der Waals surface area contributed by atoms with Crippen molar-refractivity contribution in [3.63, 3.8) is 0 Å². The Balaban J connectivity index is 2.28. The van der Waals surface area contributed by atoms with Gasteiger partial charge in [-0.2, -0.15) is 0 Å². The van der Waals surface area contributed by atoms with Crippen molar-refractivity contribution in [1.82, 2.24) is 4.90 Å². The summed E-state index contributed by atoms with van der Waals surface area (Å²) >= 11 is 3.39. The molecule has 0 N–H and O–H groups in total. The summed E-state index contributed by atoms with van der Waals surface area (Å²) in [7, 11) is 1.90. The van der Waals surface area contributed by atoms with Crippen molar-refractivity contribution < 1.29 is 4.79 Å². The molecule has 1 atom stereocenters. The van der Waals surface area contributed by atoms with E-state index in [2.05, 4.69) is 22.9 Å². The van der Waals surface area contributed by atoms with Crippen LogP contribution in [0.2, 0.25) is 0 Å². The number of carbonyl (C=O) groups excluding carboxylic acids is 1. The van der Waals surface area contributed by atoms with Gasteiger partial charge in [-0.1, -0.05) is 22.4 Å². The first-order valence-corrected chi connectivity index (χ1v) is 6.09. The van der Waals surface area contributed by atoms with E-state index in [9.17, 15) is 4.79 Å². The van der Waals surface area contributed by atoms with Gasteiger partial charge in [0.05, 0.1) is 0 Å². The van der Waals surface area contributed by atoms with Crippen LogP contribution in [0.4, 0.5) is 0 Å². The summed E-state index contributed by atoms with van der Waals surface area (Å²) in [6.45, 7) is 2.06. The van der Waals surface area contributed by atoms with E-state index in [1.807, 2.05) is 11.9 Å². The molecule has 2 nitrogen and oxygen atoms in total. The topological polar surface area (TPSA) is 20.3 Å². The Kier molecular flexibility index (Phi) is 4.23. The molecule has 0 bridgehead atoms. The Morgan fingerprint density at radius 3 is 2.62 bits per heavy atom. The quantitative estimate of drug-likeness (QED) is 0.699. The Morgan fingerprint density at radius 1 is 1.62 bits per heavy atom. The van der Waals surface area contributed by atoms with E-state index < -0.39 is 0 Å². The highest BCUT2D eigenvalue weighted by molar-refractivity contribution is 9.09. The number of carbonyl (C=O) groups is 1. The van der Waals surface area contributed by atoms with E-state index >= 15 is 0 Å². The zero-order valence-corrected chi connectivity index (χ0v) is 10.0.